The van der Waals surface area contributed by atoms with Gasteiger partial charge in [0.1, 0.15) is 5.52 Å². The fraction of sp³-hybridized carbons (Fsp3) is 0. The zero-order chi connectivity index (χ0) is 21.2. The molecule has 0 unspecified atom stereocenters. The number of carbonyl (C=O) groups excluding carboxylic acids is 1. The lowest BCUT2D eigenvalue weighted by molar-refractivity contribution is 0.102. The minimum atomic E-state index is -0.290. The number of benzene rings is 3. The summed E-state index contributed by atoms with van der Waals surface area (Å²) in [5.74, 6) is 0.335. The number of para-hydroxylation sites is 1. The van der Waals surface area contributed by atoms with E-state index >= 15 is 0 Å². The van der Waals surface area contributed by atoms with Crippen molar-refractivity contribution in [1.82, 2.24) is 15.4 Å². The van der Waals surface area contributed by atoms with Crippen LogP contribution in [0.5, 0.6) is 0 Å². The summed E-state index contributed by atoms with van der Waals surface area (Å²) in [6.45, 7) is 0. The molecule has 0 atom stereocenters. The highest BCUT2D eigenvalue weighted by Gasteiger charge is 2.15. The van der Waals surface area contributed by atoms with Crippen molar-refractivity contribution in [2.45, 2.75) is 0 Å². The molecule has 2 aromatic heterocycles. The van der Waals surface area contributed by atoms with Crippen molar-refractivity contribution in [3.05, 3.63) is 101 Å². The number of aromatic nitrogens is 3. The van der Waals surface area contributed by atoms with Gasteiger partial charge in [-0.05, 0) is 30.3 Å². The maximum Gasteiger partial charge on any atom is 0.264 e. The molecule has 150 valence electrons. The van der Waals surface area contributed by atoms with Crippen LogP contribution in [0.25, 0.3) is 33.5 Å². The number of nitrogens with zero attached hydrogens (tertiary/aromatic N) is 2. The zero-order valence-corrected chi connectivity index (χ0v) is 16.2. The fourth-order valence-electron chi connectivity index (χ4n) is 3.38. The molecule has 0 radical (unpaired) electrons. The van der Waals surface area contributed by atoms with Crippen molar-refractivity contribution in [1.29, 1.82) is 0 Å². The van der Waals surface area contributed by atoms with Crippen molar-refractivity contribution in [2.24, 2.45) is 0 Å². The van der Waals surface area contributed by atoms with Gasteiger partial charge in [-0.25, -0.2) is 5.10 Å². The van der Waals surface area contributed by atoms with Crippen molar-refractivity contribution in [3.8, 4) is 22.6 Å². The van der Waals surface area contributed by atoms with Crippen LogP contribution in [0.2, 0.25) is 0 Å². The molecule has 0 spiro atoms. The summed E-state index contributed by atoms with van der Waals surface area (Å²) in [5, 5.41) is 14.3. The molecule has 2 N–H and O–H groups in total. The molecule has 5 aromatic rings. The molecule has 0 fully saturated rings. The summed E-state index contributed by atoms with van der Waals surface area (Å²) in [4.78, 5) is 24.3. The predicted molar refractivity (Wildman–Crippen MR) is 118 cm³/mol. The Balaban J connectivity index is 1.49. The number of anilines is 1. The molecular weight excluding hydrogens is 392 g/mol. The van der Waals surface area contributed by atoms with Gasteiger partial charge in [0.25, 0.3) is 11.5 Å². The second-order valence-corrected chi connectivity index (χ2v) is 6.92. The lowest BCUT2D eigenvalue weighted by Gasteiger charge is -2.10. The van der Waals surface area contributed by atoms with Crippen molar-refractivity contribution < 1.29 is 9.32 Å². The Bertz CT molecular complexity index is 1430. The molecule has 7 nitrogen and oxygen atoms in total. The van der Waals surface area contributed by atoms with Gasteiger partial charge in [0.15, 0.2) is 5.76 Å². The van der Waals surface area contributed by atoms with Crippen LogP contribution in [-0.2, 0) is 0 Å². The van der Waals surface area contributed by atoms with Gasteiger partial charge in [0, 0.05) is 22.8 Å². The van der Waals surface area contributed by atoms with E-state index in [2.05, 4.69) is 20.7 Å². The number of hydrogen-bond donors (Lipinski definition) is 2. The number of fused-ring (bicyclic) bond motifs is 1. The molecular formula is C24H16N4O3. The molecule has 0 saturated carbocycles. The number of amides is 1. The average molecular weight is 408 g/mol. The second-order valence-electron chi connectivity index (χ2n) is 6.92. The Labute approximate surface area is 176 Å². The van der Waals surface area contributed by atoms with E-state index in [-0.39, 0.29) is 11.5 Å². The Morgan fingerprint density at radius 2 is 1.71 bits per heavy atom. The molecule has 0 aliphatic heterocycles. The van der Waals surface area contributed by atoms with Crippen LogP contribution >= 0.6 is 0 Å². The number of hydrogen-bond acceptors (Lipinski definition) is 5. The third-order valence-corrected chi connectivity index (χ3v) is 4.90. The Morgan fingerprint density at radius 1 is 0.903 bits per heavy atom. The van der Waals surface area contributed by atoms with Crippen LogP contribution in [0, 0.1) is 0 Å². The smallest absolute Gasteiger partial charge is 0.264 e. The number of rotatable bonds is 4. The maximum atomic E-state index is 13.0. The molecule has 31 heavy (non-hydrogen) atoms. The van der Waals surface area contributed by atoms with E-state index in [1.807, 2.05) is 48.5 Å². The van der Waals surface area contributed by atoms with E-state index in [0.29, 0.717) is 33.8 Å². The van der Waals surface area contributed by atoms with Crippen LogP contribution in [0.15, 0.2) is 94.2 Å². The normalized spacial score (nSPS) is 10.8. The molecule has 3 aromatic carbocycles. The largest absolute Gasteiger partial charge is 0.355 e. The minimum Gasteiger partial charge on any atom is -0.355 e. The number of nitrogens with one attached hydrogen (secondary N) is 2. The maximum absolute atomic E-state index is 13.0. The summed E-state index contributed by atoms with van der Waals surface area (Å²) < 4.78 is 5.52. The highest BCUT2D eigenvalue weighted by Crippen LogP contribution is 2.30. The van der Waals surface area contributed by atoms with Crippen LogP contribution in [0.4, 0.5) is 5.69 Å². The van der Waals surface area contributed by atoms with Crippen LogP contribution in [0.3, 0.4) is 0 Å². The average Bonchev–Trinajstić information content (AvgIpc) is 3.24. The van der Waals surface area contributed by atoms with Crippen molar-refractivity contribution in [3.63, 3.8) is 0 Å². The van der Waals surface area contributed by atoms with Gasteiger partial charge in [-0.2, -0.15) is 5.10 Å². The van der Waals surface area contributed by atoms with Crippen molar-refractivity contribution in [2.75, 3.05) is 5.32 Å². The van der Waals surface area contributed by atoms with Gasteiger partial charge in [-0.3, -0.25) is 9.59 Å². The fourth-order valence-corrected chi connectivity index (χ4v) is 3.38. The quantitative estimate of drug-likeness (QED) is 0.456. The molecule has 1 amide bonds. The monoisotopic (exact) mass is 408 g/mol. The highest BCUT2D eigenvalue weighted by molar-refractivity contribution is 6.08. The first-order valence-corrected chi connectivity index (χ1v) is 9.60. The van der Waals surface area contributed by atoms with Gasteiger partial charge in [0.05, 0.1) is 16.8 Å². The SMILES string of the molecule is O=C(Nc1ccccc1-c1ccc(=O)[nH]n1)c1ccc2noc(-c3ccccc3)c2c1. The first kappa shape index (κ1) is 18.5. The summed E-state index contributed by atoms with van der Waals surface area (Å²) in [6, 6.07) is 25.1. The molecule has 0 bridgehead atoms. The first-order valence-electron chi connectivity index (χ1n) is 9.60. The van der Waals surface area contributed by atoms with E-state index in [4.69, 9.17) is 4.52 Å². The van der Waals surface area contributed by atoms with E-state index < -0.39 is 0 Å². The third kappa shape index (κ3) is 3.60. The van der Waals surface area contributed by atoms with Crippen LogP contribution in [-0.4, -0.2) is 21.3 Å². The second kappa shape index (κ2) is 7.72. The van der Waals surface area contributed by atoms with E-state index in [1.165, 1.54) is 6.07 Å². The molecule has 0 saturated heterocycles. The lowest BCUT2D eigenvalue weighted by atomic mass is 10.1. The molecule has 0 aliphatic carbocycles. The topological polar surface area (TPSA) is 101 Å². The Kier molecular flexibility index (Phi) is 4.61. The lowest BCUT2D eigenvalue weighted by Crippen LogP contribution is -2.13. The van der Waals surface area contributed by atoms with E-state index in [0.717, 1.165) is 10.9 Å². The molecule has 5 rings (SSSR count). The summed E-state index contributed by atoms with van der Waals surface area (Å²) in [5.41, 5.74) is 3.57. The minimum absolute atomic E-state index is 0.279. The van der Waals surface area contributed by atoms with E-state index in [1.54, 1.807) is 30.3 Å². The van der Waals surface area contributed by atoms with Gasteiger partial charge in [-0.1, -0.05) is 53.7 Å². The Morgan fingerprint density at radius 3 is 2.52 bits per heavy atom. The summed E-state index contributed by atoms with van der Waals surface area (Å²) in [7, 11) is 0. The number of carbonyl (C=O) groups is 1. The van der Waals surface area contributed by atoms with Gasteiger partial charge < -0.3 is 9.84 Å². The third-order valence-electron chi connectivity index (χ3n) is 4.90. The van der Waals surface area contributed by atoms with E-state index in [9.17, 15) is 9.59 Å². The predicted octanol–water partition coefficient (Wildman–Crippen LogP) is 4.50. The summed E-state index contributed by atoms with van der Waals surface area (Å²) in [6.07, 6.45) is 0. The van der Waals surface area contributed by atoms with Crippen molar-refractivity contribution >= 4 is 22.5 Å². The standard InChI is InChI=1S/C24H16N4O3/c29-22-13-12-20(26-27-22)17-8-4-5-9-19(17)25-24(30)16-10-11-21-18(14-16)23(31-28-21)15-6-2-1-3-7-15/h1-14H,(H,25,30)(H,27,29). The summed E-state index contributed by atoms with van der Waals surface area (Å²) >= 11 is 0. The number of aromatic amines is 1. The number of H-pyrrole nitrogens is 1. The Hall–Kier alpha value is -4.52. The first-order chi connectivity index (χ1) is 15.2. The van der Waals surface area contributed by atoms with Gasteiger partial charge in [-0.15, -0.1) is 0 Å². The molecule has 2 heterocycles. The molecule has 7 heteroatoms. The van der Waals surface area contributed by atoms with Crippen LogP contribution in [0.1, 0.15) is 10.4 Å². The van der Waals surface area contributed by atoms with Gasteiger partial charge in [0.2, 0.25) is 0 Å². The van der Waals surface area contributed by atoms with Gasteiger partial charge >= 0.3 is 0 Å². The zero-order valence-electron chi connectivity index (χ0n) is 16.2. The highest BCUT2D eigenvalue weighted by atomic mass is 16.5. The molecule has 0 aliphatic rings. The van der Waals surface area contributed by atoms with Crippen LogP contribution < -0.4 is 10.9 Å².